The second-order valence-electron chi connectivity index (χ2n) is 8.42. The van der Waals surface area contributed by atoms with Gasteiger partial charge in [0.1, 0.15) is 5.82 Å². The Hall–Kier alpha value is -4.09. The zero-order chi connectivity index (χ0) is 27.4. The SMILES string of the molecule is [2H]C([2H])([2H])NC(=O)c1cnc(NC(=O)C2CC2)cc1Nc1cccc2c1N(C)Cc1cc(C(F)(F)F)nn1-2. The van der Waals surface area contributed by atoms with Crippen LogP contribution in [0.4, 0.5) is 36.1 Å². The van der Waals surface area contributed by atoms with E-state index in [9.17, 15) is 22.8 Å². The molecule has 1 fully saturated rings. The Morgan fingerprint density at radius 3 is 2.71 bits per heavy atom. The maximum absolute atomic E-state index is 13.3. The van der Waals surface area contributed by atoms with Gasteiger partial charge >= 0.3 is 6.18 Å². The largest absolute Gasteiger partial charge is 0.435 e. The van der Waals surface area contributed by atoms with Crippen LogP contribution in [0.3, 0.4) is 0 Å². The standard InChI is InChI=1S/C23H22F3N7O2/c1-27-22(35)14-10-28-19(30-21(34)12-6-7-12)9-16(14)29-15-4-3-5-17-20(15)32(2)11-13-8-18(23(24,25)26)31-33(13)17/h3-5,8-10,12H,6-7,11H2,1-2H3,(H,27,35)(H2,28,29,30,34)/i1D3. The summed E-state index contributed by atoms with van der Waals surface area (Å²) in [6.45, 7) is -2.63. The molecule has 9 nitrogen and oxygen atoms in total. The number of anilines is 4. The Kier molecular flexibility index (Phi) is 4.56. The van der Waals surface area contributed by atoms with Gasteiger partial charge < -0.3 is 20.9 Å². The Balaban J connectivity index is 1.55. The third-order valence-electron chi connectivity index (χ3n) is 5.83. The lowest BCUT2D eigenvalue weighted by molar-refractivity contribution is -0.141. The van der Waals surface area contributed by atoms with Crippen LogP contribution in [0.2, 0.25) is 0 Å². The smallest absolute Gasteiger partial charge is 0.365 e. The fourth-order valence-electron chi connectivity index (χ4n) is 4.00. The molecule has 1 aliphatic heterocycles. The molecule has 35 heavy (non-hydrogen) atoms. The van der Waals surface area contributed by atoms with Gasteiger partial charge in [0.15, 0.2) is 5.69 Å². The highest BCUT2D eigenvalue weighted by atomic mass is 19.4. The van der Waals surface area contributed by atoms with Crippen LogP contribution in [0.5, 0.6) is 0 Å². The van der Waals surface area contributed by atoms with Crippen molar-refractivity contribution in [2.24, 2.45) is 5.92 Å². The van der Waals surface area contributed by atoms with Gasteiger partial charge in [0.2, 0.25) is 5.91 Å². The first-order valence-corrected chi connectivity index (χ1v) is 10.7. The van der Waals surface area contributed by atoms with E-state index in [0.29, 0.717) is 22.8 Å². The lowest BCUT2D eigenvalue weighted by Gasteiger charge is -2.30. The van der Waals surface area contributed by atoms with E-state index >= 15 is 0 Å². The van der Waals surface area contributed by atoms with Gasteiger partial charge in [-0.25, -0.2) is 9.67 Å². The third kappa shape index (κ3) is 4.27. The molecule has 3 heterocycles. The van der Waals surface area contributed by atoms with Crippen molar-refractivity contribution in [2.75, 3.05) is 29.6 Å². The number of nitrogens with one attached hydrogen (secondary N) is 3. The van der Waals surface area contributed by atoms with Gasteiger partial charge in [-0.3, -0.25) is 9.59 Å². The molecule has 0 radical (unpaired) electrons. The van der Waals surface area contributed by atoms with Crippen molar-refractivity contribution in [2.45, 2.75) is 25.6 Å². The van der Waals surface area contributed by atoms with Crippen LogP contribution in [0.25, 0.3) is 5.69 Å². The minimum absolute atomic E-state index is 0.105. The summed E-state index contributed by atoms with van der Waals surface area (Å²) < 4.78 is 63.3. The quantitative estimate of drug-likeness (QED) is 0.506. The highest BCUT2D eigenvalue weighted by Gasteiger charge is 2.37. The molecule has 1 saturated carbocycles. The molecule has 2 aliphatic rings. The van der Waals surface area contributed by atoms with Crippen molar-refractivity contribution in [3.05, 3.63) is 53.5 Å². The number of alkyl halides is 3. The number of carbonyl (C=O) groups excluding carboxylic acids is 2. The first kappa shape index (κ1) is 19.2. The monoisotopic (exact) mass is 488 g/mol. The number of halogens is 3. The van der Waals surface area contributed by atoms with Crippen LogP contribution in [-0.4, -0.2) is 40.6 Å². The molecule has 182 valence electrons. The highest BCUT2D eigenvalue weighted by Crippen LogP contribution is 2.41. The number of nitrogens with zero attached hydrogens (tertiary/aromatic N) is 4. The molecule has 0 spiro atoms. The van der Waals surface area contributed by atoms with Crippen LogP contribution in [0.1, 0.15) is 38.7 Å². The molecule has 12 heteroatoms. The second kappa shape index (κ2) is 8.29. The van der Waals surface area contributed by atoms with Gasteiger partial charge in [0, 0.05) is 36.3 Å². The Morgan fingerprint density at radius 2 is 2.00 bits per heavy atom. The summed E-state index contributed by atoms with van der Waals surface area (Å²) in [4.78, 5) is 30.8. The average Bonchev–Trinajstić information content (AvgIpc) is 3.56. The van der Waals surface area contributed by atoms with E-state index in [-0.39, 0.29) is 35.4 Å². The maximum Gasteiger partial charge on any atom is 0.435 e. The molecule has 1 aliphatic carbocycles. The van der Waals surface area contributed by atoms with Gasteiger partial charge in [0.05, 0.1) is 40.6 Å². The van der Waals surface area contributed by atoms with E-state index in [0.717, 1.165) is 25.1 Å². The van der Waals surface area contributed by atoms with Crippen LogP contribution in [-0.2, 0) is 17.5 Å². The third-order valence-corrected chi connectivity index (χ3v) is 5.83. The topological polar surface area (TPSA) is 104 Å². The van der Waals surface area contributed by atoms with Crippen molar-refractivity contribution < 1.29 is 26.9 Å². The zero-order valence-electron chi connectivity index (χ0n) is 21.4. The van der Waals surface area contributed by atoms with Crippen LogP contribution in [0.15, 0.2) is 36.5 Å². The molecule has 2 amide bonds. The summed E-state index contributed by atoms with van der Waals surface area (Å²) in [6.07, 6.45) is -1.93. The van der Waals surface area contributed by atoms with Gasteiger partial charge in [0.25, 0.3) is 5.91 Å². The predicted octanol–water partition coefficient (Wildman–Crippen LogP) is 3.69. The number of amides is 2. The zero-order valence-corrected chi connectivity index (χ0v) is 18.4. The molecule has 0 unspecified atom stereocenters. The predicted molar refractivity (Wildman–Crippen MR) is 123 cm³/mol. The van der Waals surface area contributed by atoms with Crippen LogP contribution < -0.4 is 20.9 Å². The van der Waals surface area contributed by atoms with Crippen molar-refractivity contribution >= 4 is 34.7 Å². The van der Waals surface area contributed by atoms with Crippen molar-refractivity contribution in [1.29, 1.82) is 0 Å². The Morgan fingerprint density at radius 1 is 1.20 bits per heavy atom. The summed E-state index contributed by atoms with van der Waals surface area (Å²) in [6, 6.07) is 7.27. The molecule has 1 aromatic carbocycles. The van der Waals surface area contributed by atoms with E-state index in [1.165, 1.54) is 10.7 Å². The molecule has 5 rings (SSSR count). The molecule has 3 N–H and O–H groups in total. The Bertz CT molecular complexity index is 1430. The first-order valence-electron chi connectivity index (χ1n) is 12.2. The molecule has 0 bridgehead atoms. The number of benzene rings is 1. The lowest BCUT2D eigenvalue weighted by atomic mass is 10.1. The molecule has 0 atom stereocenters. The molecule has 3 aromatic rings. The number of fused-ring (bicyclic) bond motifs is 3. The van der Waals surface area contributed by atoms with Gasteiger partial charge in [-0.2, -0.15) is 18.3 Å². The summed E-state index contributed by atoms with van der Waals surface area (Å²) in [5.74, 6) is -1.10. The number of rotatable bonds is 5. The normalized spacial score (nSPS) is 16.3. The minimum Gasteiger partial charge on any atom is -0.365 e. The summed E-state index contributed by atoms with van der Waals surface area (Å²) in [5.41, 5.74) is 0.640. The van der Waals surface area contributed by atoms with E-state index in [4.69, 9.17) is 4.11 Å². The highest BCUT2D eigenvalue weighted by molar-refractivity contribution is 6.02. The minimum atomic E-state index is -4.61. The summed E-state index contributed by atoms with van der Waals surface area (Å²) in [7, 11) is 1.70. The van der Waals surface area contributed by atoms with E-state index in [1.807, 2.05) is 5.32 Å². The van der Waals surface area contributed by atoms with Crippen LogP contribution in [0, 0.1) is 5.92 Å². The average molecular weight is 488 g/mol. The van der Waals surface area contributed by atoms with Crippen molar-refractivity contribution in [3.63, 3.8) is 0 Å². The fourth-order valence-corrected chi connectivity index (χ4v) is 4.00. The summed E-state index contributed by atoms with van der Waals surface area (Å²) >= 11 is 0. The molecular formula is C23H22F3N7O2. The number of hydrogen-bond acceptors (Lipinski definition) is 6. The van der Waals surface area contributed by atoms with Gasteiger partial charge in [-0.1, -0.05) is 6.07 Å². The van der Waals surface area contributed by atoms with Crippen LogP contribution >= 0.6 is 0 Å². The number of carbonyl (C=O) groups is 2. The maximum atomic E-state index is 13.3. The molecule has 2 aromatic heterocycles. The Labute approximate surface area is 202 Å². The molecular weight excluding hydrogens is 463 g/mol. The number of hydrogen-bond donors (Lipinski definition) is 3. The number of para-hydroxylation sites is 1. The van der Waals surface area contributed by atoms with Gasteiger partial charge in [-0.15, -0.1) is 0 Å². The lowest BCUT2D eigenvalue weighted by Crippen LogP contribution is -2.26. The number of aromatic nitrogens is 3. The summed E-state index contributed by atoms with van der Waals surface area (Å²) in [5, 5.41) is 11.4. The molecule has 0 saturated heterocycles. The van der Waals surface area contributed by atoms with E-state index in [1.54, 1.807) is 30.1 Å². The first-order chi connectivity index (χ1) is 17.8. The van der Waals surface area contributed by atoms with E-state index in [2.05, 4.69) is 20.7 Å². The second-order valence-corrected chi connectivity index (χ2v) is 8.42. The van der Waals surface area contributed by atoms with Gasteiger partial charge in [-0.05, 0) is 31.0 Å². The van der Waals surface area contributed by atoms with E-state index < -0.39 is 24.8 Å². The van der Waals surface area contributed by atoms with Crippen molar-refractivity contribution in [3.8, 4) is 5.69 Å². The fraction of sp³-hybridized carbons (Fsp3) is 0.304. The van der Waals surface area contributed by atoms with Crippen molar-refractivity contribution in [1.82, 2.24) is 20.1 Å². The number of pyridine rings is 1.